The summed E-state index contributed by atoms with van der Waals surface area (Å²) in [5.41, 5.74) is 0.0194. The monoisotopic (exact) mass is 262 g/mol. The first-order chi connectivity index (χ1) is 8.69. The largest absolute Gasteiger partial charge is 0.373 e. The van der Waals surface area contributed by atoms with E-state index >= 15 is 0 Å². The van der Waals surface area contributed by atoms with Gasteiger partial charge in [-0.05, 0) is 12.1 Å². The maximum atomic E-state index is 10.8. The van der Waals surface area contributed by atoms with E-state index in [9.17, 15) is 10.1 Å². The van der Waals surface area contributed by atoms with E-state index in [4.69, 9.17) is 0 Å². The fourth-order valence-corrected chi connectivity index (χ4v) is 2.13. The van der Waals surface area contributed by atoms with Crippen LogP contribution in [-0.2, 0) is 0 Å². The van der Waals surface area contributed by atoms with Crippen LogP contribution < -0.4 is 5.32 Å². The molecule has 2 aromatic heterocycles. The molecule has 0 bridgehead atoms. The molecule has 0 amide bonds. The average Bonchev–Trinajstić information content (AvgIpc) is 2.39. The third-order valence-corrected chi connectivity index (χ3v) is 3.05. The smallest absolute Gasteiger partial charge is 0.275 e. The zero-order valence-electron chi connectivity index (χ0n) is 9.53. The zero-order valence-corrected chi connectivity index (χ0v) is 10.3. The van der Waals surface area contributed by atoms with Crippen molar-refractivity contribution in [1.82, 2.24) is 9.97 Å². The summed E-state index contributed by atoms with van der Waals surface area (Å²) >= 11 is 1.35. The Kier molecular flexibility index (Phi) is 3.73. The number of hydrogen-bond donors (Lipinski definition) is 1. The second kappa shape index (κ2) is 5.46. The van der Waals surface area contributed by atoms with Crippen LogP contribution in [0.5, 0.6) is 0 Å². The van der Waals surface area contributed by atoms with Gasteiger partial charge in [0, 0.05) is 30.4 Å². The van der Waals surface area contributed by atoms with Crippen LogP contribution in [0.2, 0.25) is 0 Å². The quantitative estimate of drug-likeness (QED) is 0.673. The lowest BCUT2D eigenvalue weighted by molar-refractivity contribution is -0.385. The Balaban J connectivity index is 2.32. The molecule has 1 N–H and O–H groups in total. The van der Waals surface area contributed by atoms with Gasteiger partial charge in [-0.15, -0.1) is 0 Å². The summed E-state index contributed by atoms with van der Waals surface area (Å²) in [5.74, 6) is 0.473. The molecule has 0 fully saturated rings. The van der Waals surface area contributed by atoms with E-state index in [2.05, 4.69) is 15.3 Å². The van der Waals surface area contributed by atoms with Crippen LogP contribution in [0.15, 0.2) is 46.6 Å². The topological polar surface area (TPSA) is 81.0 Å². The van der Waals surface area contributed by atoms with Crippen molar-refractivity contribution in [3.05, 3.63) is 46.8 Å². The normalized spacial score (nSPS) is 10.1. The standard InChI is InChI=1S/C11H10N4O2S/c1-12-10-6-8(15(16)17)7-11(14-10)18-9-2-4-13-5-3-9/h2-7H,1H3,(H,12,14). The Morgan fingerprint density at radius 3 is 2.67 bits per heavy atom. The van der Waals surface area contributed by atoms with Gasteiger partial charge in [0.05, 0.1) is 11.0 Å². The molecule has 6 nitrogen and oxygen atoms in total. The summed E-state index contributed by atoms with van der Waals surface area (Å²) in [6.45, 7) is 0. The van der Waals surface area contributed by atoms with Crippen molar-refractivity contribution in [3.63, 3.8) is 0 Å². The van der Waals surface area contributed by atoms with Crippen LogP contribution in [0.3, 0.4) is 0 Å². The van der Waals surface area contributed by atoms with Gasteiger partial charge in [0.1, 0.15) is 10.8 Å². The molecular weight excluding hydrogens is 252 g/mol. The van der Waals surface area contributed by atoms with Crippen LogP contribution in [0.1, 0.15) is 0 Å². The van der Waals surface area contributed by atoms with Crippen LogP contribution >= 0.6 is 11.8 Å². The molecule has 18 heavy (non-hydrogen) atoms. The zero-order chi connectivity index (χ0) is 13.0. The lowest BCUT2D eigenvalue weighted by atomic mass is 10.4. The summed E-state index contributed by atoms with van der Waals surface area (Å²) in [6.07, 6.45) is 3.33. The van der Waals surface area contributed by atoms with E-state index in [1.807, 2.05) is 12.1 Å². The van der Waals surface area contributed by atoms with Crippen LogP contribution in [0.25, 0.3) is 0 Å². The predicted molar refractivity (Wildman–Crippen MR) is 68.8 cm³/mol. The summed E-state index contributed by atoms with van der Waals surface area (Å²) < 4.78 is 0. The lowest BCUT2D eigenvalue weighted by Crippen LogP contribution is -1.96. The summed E-state index contributed by atoms with van der Waals surface area (Å²) in [4.78, 5) is 19.5. The first kappa shape index (κ1) is 12.3. The van der Waals surface area contributed by atoms with Crippen molar-refractivity contribution in [2.24, 2.45) is 0 Å². The van der Waals surface area contributed by atoms with Crippen molar-refractivity contribution in [3.8, 4) is 0 Å². The van der Waals surface area contributed by atoms with Crippen molar-refractivity contribution in [1.29, 1.82) is 0 Å². The third kappa shape index (κ3) is 2.95. The molecule has 0 saturated heterocycles. The highest BCUT2D eigenvalue weighted by Gasteiger charge is 2.11. The highest BCUT2D eigenvalue weighted by molar-refractivity contribution is 7.99. The second-order valence-corrected chi connectivity index (χ2v) is 4.43. The van der Waals surface area contributed by atoms with E-state index in [1.54, 1.807) is 19.4 Å². The molecule has 2 rings (SSSR count). The van der Waals surface area contributed by atoms with Crippen LogP contribution in [-0.4, -0.2) is 21.9 Å². The van der Waals surface area contributed by atoms with Gasteiger partial charge < -0.3 is 5.32 Å². The average molecular weight is 262 g/mol. The highest BCUT2D eigenvalue weighted by atomic mass is 32.2. The molecule has 0 aliphatic rings. The number of anilines is 1. The highest BCUT2D eigenvalue weighted by Crippen LogP contribution is 2.29. The predicted octanol–water partition coefficient (Wildman–Crippen LogP) is 2.58. The number of aromatic nitrogens is 2. The van der Waals surface area contributed by atoms with E-state index in [1.165, 1.54) is 23.9 Å². The van der Waals surface area contributed by atoms with Gasteiger partial charge in [-0.2, -0.15) is 0 Å². The summed E-state index contributed by atoms with van der Waals surface area (Å²) in [7, 11) is 1.67. The fourth-order valence-electron chi connectivity index (χ4n) is 1.30. The summed E-state index contributed by atoms with van der Waals surface area (Å²) in [6, 6.07) is 6.50. The molecular formula is C11H10N4O2S. The molecule has 2 heterocycles. The van der Waals surface area contributed by atoms with E-state index in [0.717, 1.165) is 4.90 Å². The molecule has 0 radical (unpaired) electrons. The number of nitro groups is 1. The SMILES string of the molecule is CNc1cc([N+](=O)[O-])cc(Sc2ccncc2)n1. The first-order valence-corrected chi connectivity index (χ1v) is 5.93. The number of nitrogens with zero attached hydrogens (tertiary/aromatic N) is 3. The minimum absolute atomic E-state index is 0.0194. The Labute approximate surface area is 108 Å². The number of pyridine rings is 2. The van der Waals surface area contributed by atoms with Gasteiger partial charge in [-0.1, -0.05) is 11.8 Å². The van der Waals surface area contributed by atoms with Gasteiger partial charge in [0.15, 0.2) is 0 Å². The minimum Gasteiger partial charge on any atom is -0.373 e. The maximum Gasteiger partial charge on any atom is 0.275 e. The lowest BCUT2D eigenvalue weighted by Gasteiger charge is -2.04. The molecule has 7 heteroatoms. The van der Waals surface area contributed by atoms with Crippen LogP contribution in [0.4, 0.5) is 11.5 Å². The molecule has 0 aromatic carbocycles. The van der Waals surface area contributed by atoms with Gasteiger partial charge in [-0.3, -0.25) is 15.1 Å². The van der Waals surface area contributed by atoms with Crippen molar-refractivity contribution >= 4 is 23.3 Å². The number of rotatable bonds is 4. The molecule has 0 spiro atoms. The van der Waals surface area contributed by atoms with Crippen LogP contribution in [0, 0.1) is 10.1 Å². The molecule has 92 valence electrons. The Hall–Kier alpha value is -2.15. The Bertz CT molecular complexity index is 562. The molecule has 0 aliphatic heterocycles. The minimum atomic E-state index is -0.431. The van der Waals surface area contributed by atoms with Crippen molar-refractivity contribution < 1.29 is 4.92 Å². The Morgan fingerprint density at radius 2 is 2.06 bits per heavy atom. The molecule has 0 aliphatic carbocycles. The maximum absolute atomic E-state index is 10.8. The molecule has 0 unspecified atom stereocenters. The summed E-state index contributed by atoms with van der Waals surface area (Å²) in [5, 5.41) is 14.2. The third-order valence-electron chi connectivity index (χ3n) is 2.13. The number of hydrogen-bond acceptors (Lipinski definition) is 6. The van der Waals surface area contributed by atoms with Gasteiger partial charge in [0.2, 0.25) is 0 Å². The fraction of sp³-hybridized carbons (Fsp3) is 0.0909. The first-order valence-electron chi connectivity index (χ1n) is 5.11. The molecule has 0 saturated carbocycles. The van der Waals surface area contributed by atoms with E-state index in [0.29, 0.717) is 10.8 Å². The second-order valence-electron chi connectivity index (χ2n) is 3.34. The van der Waals surface area contributed by atoms with Gasteiger partial charge >= 0.3 is 0 Å². The van der Waals surface area contributed by atoms with Crippen molar-refractivity contribution in [2.45, 2.75) is 9.92 Å². The van der Waals surface area contributed by atoms with Gasteiger partial charge in [-0.25, -0.2) is 4.98 Å². The Morgan fingerprint density at radius 1 is 1.33 bits per heavy atom. The van der Waals surface area contributed by atoms with Gasteiger partial charge in [0.25, 0.3) is 5.69 Å². The van der Waals surface area contributed by atoms with Crippen molar-refractivity contribution in [2.75, 3.05) is 12.4 Å². The molecule has 2 aromatic rings. The number of nitrogens with one attached hydrogen (secondary N) is 1. The van der Waals surface area contributed by atoms with E-state index in [-0.39, 0.29) is 5.69 Å². The molecule has 0 atom stereocenters. The van der Waals surface area contributed by atoms with E-state index < -0.39 is 4.92 Å².